The molecule has 1 atom stereocenters. The maximum atomic E-state index is 14.1. The van der Waals surface area contributed by atoms with E-state index in [-0.39, 0.29) is 32.1 Å². The van der Waals surface area contributed by atoms with Gasteiger partial charge in [0.25, 0.3) is 0 Å². The summed E-state index contributed by atoms with van der Waals surface area (Å²) in [6.07, 6.45) is 0.584. The van der Waals surface area contributed by atoms with Crippen molar-refractivity contribution in [2.75, 3.05) is 39.9 Å². The number of esters is 4. The lowest BCUT2D eigenvalue weighted by Crippen LogP contribution is -2.55. The highest BCUT2D eigenvalue weighted by atomic mass is 32.2. The fourth-order valence-corrected chi connectivity index (χ4v) is 10.4. The van der Waals surface area contributed by atoms with Crippen molar-refractivity contribution in [2.24, 2.45) is 5.92 Å². The Morgan fingerprint density at radius 1 is 0.822 bits per heavy atom. The molecule has 1 amide bonds. The molecule has 45 heavy (non-hydrogen) atoms. The van der Waals surface area contributed by atoms with Gasteiger partial charge < -0.3 is 28.6 Å². The van der Waals surface area contributed by atoms with Crippen molar-refractivity contribution in [3.8, 4) is 5.75 Å². The third kappa shape index (κ3) is 5.54. The van der Waals surface area contributed by atoms with Gasteiger partial charge in [0.05, 0.1) is 51.8 Å². The highest BCUT2D eigenvalue weighted by molar-refractivity contribution is 8.26. The first kappa shape index (κ1) is 34.5. The summed E-state index contributed by atoms with van der Waals surface area (Å²) in [5, 5.41) is 0. The van der Waals surface area contributed by atoms with E-state index in [0.29, 0.717) is 40.5 Å². The molecule has 242 valence electrons. The molecule has 0 radical (unpaired) electrons. The third-order valence-corrected chi connectivity index (χ3v) is 12.3. The Kier molecular flexibility index (Phi) is 10.1. The number of hydrogen-bond donors (Lipinski definition) is 0. The maximum Gasteiger partial charge on any atom is 0.345 e. The highest BCUT2D eigenvalue weighted by Crippen LogP contribution is 2.71. The predicted octanol–water partition coefficient (Wildman–Crippen LogP) is 5.05. The number of carbonyl (C=O) groups excluding carboxylic acids is 5. The Hall–Kier alpha value is -3.36. The second kappa shape index (κ2) is 13.2. The van der Waals surface area contributed by atoms with Crippen LogP contribution in [0.5, 0.6) is 5.75 Å². The Morgan fingerprint density at radius 3 is 1.84 bits per heavy atom. The lowest BCUT2D eigenvalue weighted by Gasteiger charge is -2.51. The molecule has 14 heteroatoms. The Balaban J connectivity index is 2.19. The van der Waals surface area contributed by atoms with Crippen LogP contribution in [0, 0.1) is 5.92 Å². The number of nitrogens with zero attached hydrogens (tertiary/aromatic N) is 1. The van der Waals surface area contributed by atoms with E-state index in [4.69, 9.17) is 23.7 Å². The van der Waals surface area contributed by atoms with Gasteiger partial charge in [-0.2, -0.15) is 0 Å². The molecule has 3 aliphatic heterocycles. The van der Waals surface area contributed by atoms with Gasteiger partial charge in [-0.05, 0) is 45.4 Å². The van der Waals surface area contributed by atoms with Crippen LogP contribution in [0.15, 0.2) is 43.4 Å². The molecular weight excluding hydrogens is 643 g/mol. The van der Waals surface area contributed by atoms with Crippen LogP contribution in [0.1, 0.15) is 46.6 Å². The molecule has 1 spiro atoms. The van der Waals surface area contributed by atoms with Crippen molar-refractivity contribution < 1.29 is 47.7 Å². The topological polar surface area (TPSA) is 135 Å². The number of methoxy groups -OCH3 is 4. The standard InChI is InChI=1S/C31H35NO10S3/c1-10-15(3)25(33)32-18-13-12-16(42-11-2)14-17(18)19-24(30(32,4)5)43-21(27(35)39-7)20(26(34)38-6)31(19)44-22(28(36)40-8)23(45-31)29(37)41-9/h12-15H,10-11H2,1-9H3/t15-/m1/s1. The van der Waals surface area contributed by atoms with E-state index in [9.17, 15) is 24.0 Å². The minimum atomic E-state index is -1.66. The van der Waals surface area contributed by atoms with E-state index in [2.05, 4.69) is 0 Å². The largest absolute Gasteiger partial charge is 0.494 e. The van der Waals surface area contributed by atoms with Crippen molar-refractivity contribution in [3.05, 3.63) is 49.0 Å². The summed E-state index contributed by atoms with van der Waals surface area (Å²) < 4.78 is 24.6. The molecule has 0 bridgehead atoms. The van der Waals surface area contributed by atoms with Gasteiger partial charge in [-0.3, -0.25) is 4.79 Å². The van der Waals surface area contributed by atoms with Gasteiger partial charge in [-0.25, -0.2) is 19.2 Å². The monoisotopic (exact) mass is 677 g/mol. The van der Waals surface area contributed by atoms with Crippen LogP contribution in [0.4, 0.5) is 5.69 Å². The second-order valence-corrected chi connectivity index (χ2v) is 14.3. The van der Waals surface area contributed by atoms with Crippen molar-refractivity contribution >= 4 is 76.3 Å². The van der Waals surface area contributed by atoms with E-state index in [1.54, 1.807) is 23.1 Å². The molecule has 1 aromatic rings. The molecule has 0 saturated carbocycles. The number of ether oxygens (including phenoxy) is 5. The molecule has 0 aliphatic carbocycles. The molecule has 3 aliphatic rings. The molecule has 0 aromatic heterocycles. The van der Waals surface area contributed by atoms with Crippen LogP contribution in [0.25, 0.3) is 5.57 Å². The van der Waals surface area contributed by atoms with Gasteiger partial charge in [0.1, 0.15) is 24.5 Å². The van der Waals surface area contributed by atoms with Gasteiger partial charge >= 0.3 is 23.9 Å². The zero-order valence-corrected chi connectivity index (χ0v) is 28.9. The molecule has 4 rings (SSSR count). The molecule has 3 heterocycles. The van der Waals surface area contributed by atoms with E-state index < -0.39 is 33.5 Å². The van der Waals surface area contributed by atoms with Crippen LogP contribution < -0.4 is 9.64 Å². The number of carbonyl (C=O) groups is 5. The summed E-state index contributed by atoms with van der Waals surface area (Å²) in [6.45, 7) is 9.66. The molecule has 0 saturated heterocycles. The number of thioether (sulfide) groups is 3. The van der Waals surface area contributed by atoms with E-state index in [0.717, 1.165) is 35.3 Å². The summed E-state index contributed by atoms with van der Waals surface area (Å²) in [4.78, 5) is 69.6. The first-order valence-electron chi connectivity index (χ1n) is 14.0. The first-order valence-corrected chi connectivity index (χ1v) is 16.5. The average Bonchev–Trinajstić information content (AvgIpc) is 3.42. The molecule has 1 aromatic carbocycles. The van der Waals surface area contributed by atoms with E-state index >= 15 is 0 Å². The SMILES string of the molecule is CCOc1ccc2c(c1)C1=C(SC(C(=O)OC)=C(C(=O)OC)C13SC(C(=O)OC)=C(C(=O)OC)S3)C(C)(C)N2C(=O)[C@H](C)CC. The molecule has 0 unspecified atom stereocenters. The summed E-state index contributed by atoms with van der Waals surface area (Å²) in [6, 6.07) is 5.30. The molecule has 0 fully saturated rings. The number of benzene rings is 1. The van der Waals surface area contributed by atoms with Gasteiger partial charge in [-0.15, -0.1) is 0 Å². The van der Waals surface area contributed by atoms with Crippen LogP contribution in [-0.2, 0) is 42.9 Å². The Morgan fingerprint density at radius 2 is 1.36 bits per heavy atom. The summed E-state index contributed by atoms with van der Waals surface area (Å²) in [7, 11) is 4.70. The number of hydrogen-bond acceptors (Lipinski definition) is 13. The fourth-order valence-electron chi connectivity index (χ4n) is 5.34. The normalized spacial score (nSPS) is 18.6. The van der Waals surface area contributed by atoms with Gasteiger partial charge in [0.2, 0.25) is 5.91 Å². The van der Waals surface area contributed by atoms with Crippen LogP contribution in [-0.4, -0.2) is 74.4 Å². The Bertz CT molecular complexity index is 1550. The van der Waals surface area contributed by atoms with E-state index in [1.807, 2.05) is 34.6 Å². The predicted molar refractivity (Wildman–Crippen MR) is 173 cm³/mol. The lowest BCUT2D eigenvalue weighted by atomic mass is 9.82. The van der Waals surface area contributed by atoms with Crippen molar-refractivity contribution in [3.63, 3.8) is 0 Å². The number of anilines is 1. The van der Waals surface area contributed by atoms with Gasteiger partial charge in [0.15, 0.2) is 0 Å². The van der Waals surface area contributed by atoms with Gasteiger partial charge in [-0.1, -0.05) is 49.1 Å². The summed E-state index contributed by atoms with van der Waals surface area (Å²) in [5.41, 5.74) is 0.312. The highest BCUT2D eigenvalue weighted by Gasteiger charge is 2.62. The van der Waals surface area contributed by atoms with Crippen molar-refractivity contribution in [1.29, 1.82) is 0 Å². The van der Waals surface area contributed by atoms with Crippen LogP contribution >= 0.6 is 35.3 Å². The fraction of sp³-hybridized carbons (Fsp3) is 0.452. The smallest absolute Gasteiger partial charge is 0.345 e. The summed E-state index contributed by atoms with van der Waals surface area (Å²) in [5.74, 6) is -3.37. The Labute approximate surface area is 274 Å². The van der Waals surface area contributed by atoms with E-state index in [1.165, 1.54) is 28.4 Å². The van der Waals surface area contributed by atoms with Crippen molar-refractivity contribution in [1.82, 2.24) is 0 Å². The second-order valence-electron chi connectivity index (χ2n) is 10.6. The zero-order valence-electron chi connectivity index (χ0n) is 26.5. The number of fused-ring (bicyclic) bond motifs is 3. The van der Waals surface area contributed by atoms with Crippen molar-refractivity contribution in [2.45, 2.75) is 50.7 Å². The summed E-state index contributed by atoms with van der Waals surface area (Å²) >= 11 is 2.75. The number of amides is 1. The van der Waals surface area contributed by atoms with Crippen LogP contribution in [0.2, 0.25) is 0 Å². The van der Waals surface area contributed by atoms with Crippen LogP contribution in [0.3, 0.4) is 0 Å². The quantitative estimate of drug-likeness (QED) is 0.269. The lowest BCUT2D eigenvalue weighted by molar-refractivity contribution is -0.138. The van der Waals surface area contributed by atoms with Gasteiger partial charge in [0, 0.05) is 22.0 Å². The zero-order chi connectivity index (χ0) is 33.4. The number of rotatable bonds is 8. The minimum absolute atomic E-state index is 0.105. The molecular formula is C31H35NO10S3. The third-order valence-electron chi connectivity index (χ3n) is 7.67. The first-order chi connectivity index (χ1) is 21.3. The minimum Gasteiger partial charge on any atom is -0.494 e. The molecule has 11 nitrogen and oxygen atoms in total. The maximum absolute atomic E-state index is 14.1. The molecule has 0 N–H and O–H groups in total. The average molecular weight is 678 g/mol.